The van der Waals surface area contributed by atoms with E-state index in [0.717, 1.165) is 18.1 Å². The van der Waals surface area contributed by atoms with Crippen molar-refractivity contribution in [1.82, 2.24) is 0 Å². The van der Waals surface area contributed by atoms with Crippen LogP contribution in [0.25, 0.3) is 0 Å². The Morgan fingerprint density at radius 1 is 1.35 bits per heavy atom. The monoisotopic (exact) mass is 257 g/mol. The highest BCUT2D eigenvalue weighted by Gasteiger charge is 2.16. The van der Waals surface area contributed by atoms with Gasteiger partial charge in [-0.1, -0.05) is 37.6 Å². The second-order valence-electron chi connectivity index (χ2n) is 3.19. The molecule has 0 amide bonds. The van der Waals surface area contributed by atoms with E-state index < -0.39 is 0 Å². The van der Waals surface area contributed by atoms with Gasteiger partial charge in [-0.2, -0.15) is 0 Å². The van der Waals surface area contributed by atoms with E-state index in [1.165, 1.54) is 12.0 Å². The van der Waals surface area contributed by atoms with E-state index in [1.54, 1.807) is 0 Å². The normalized spacial score (nSPS) is 17.2. The molecule has 0 radical (unpaired) electrons. The number of halogens is 1. The zero-order chi connectivity index (χ0) is 13.1. The minimum absolute atomic E-state index is 0.308. The van der Waals surface area contributed by atoms with Crippen LogP contribution < -0.4 is 0 Å². The molecule has 0 aliphatic carbocycles. The van der Waals surface area contributed by atoms with Gasteiger partial charge in [0.25, 0.3) is 0 Å². The fraction of sp³-hybridized carbons (Fsp3) is 0.462. The van der Waals surface area contributed by atoms with Crippen molar-refractivity contribution >= 4 is 18.3 Å². The summed E-state index contributed by atoms with van der Waals surface area (Å²) in [5, 5.41) is 10.1. The number of nitrogens with zero attached hydrogens (tertiary/aromatic N) is 1. The minimum atomic E-state index is 0.308. The van der Waals surface area contributed by atoms with Crippen LogP contribution in [-0.4, -0.2) is 18.5 Å². The van der Waals surface area contributed by atoms with Crippen LogP contribution in [0, 0.1) is 0 Å². The lowest BCUT2D eigenvalue weighted by atomic mass is 10.1. The molecule has 4 heteroatoms. The highest BCUT2D eigenvalue weighted by molar-refractivity contribution is 6.30. The van der Waals surface area contributed by atoms with Crippen LogP contribution in [0.5, 0.6) is 0 Å². The molecule has 1 heterocycles. The Balaban J connectivity index is 0.000000450. The summed E-state index contributed by atoms with van der Waals surface area (Å²) in [5.41, 5.74) is 1.25. The van der Waals surface area contributed by atoms with Crippen molar-refractivity contribution in [1.29, 1.82) is 0 Å². The molecule has 1 fully saturated rings. The van der Waals surface area contributed by atoms with E-state index in [-0.39, 0.29) is 0 Å². The third-order valence-corrected chi connectivity index (χ3v) is 2.42. The minimum Gasteiger partial charge on any atom is -0.411 e. The molecule has 0 saturated carbocycles. The molecule has 1 aromatic carbocycles. The van der Waals surface area contributed by atoms with E-state index in [4.69, 9.17) is 21.5 Å². The van der Waals surface area contributed by atoms with Gasteiger partial charge in [0.05, 0.1) is 6.10 Å². The van der Waals surface area contributed by atoms with Crippen molar-refractivity contribution in [3.63, 3.8) is 0 Å². The average Bonchev–Trinajstić information content (AvgIpc) is 2.87. The largest absolute Gasteiger partial charge is 0.411 e. The molecular weight excluding hydrogens is 238 g/mol. The topological polar surface area (TPSA) is 41.8 Å². The van der Waals surface area contributed by atoms with Crippen molar-refractivity contribution < 1.29 is 9.94 Å². The van der Waals surface area contributed by atoms with Crippen molar-refractivity contribution in [3.8, 4) is 0 Å². The van der Waals surface area contributed by atoms with Gasteiger partial charge in [-0.3, -0.25) is 0 Å². The molecule has 1 aromatic rings. The second kappa shape index (κ2) is 10.1. The SMILES string of the molecule is C=NO.CC.Clc1ccc(C2CCCO2)cc1. The van der Waals surface area contributed by atoms with Gasteiger partial charge >= 0.3 is 0 Å². The molecule has 0 bridgehead atoms. The van der Waals surface area contributed by atoms with Crippen LogP contribution in [0.2, 0.25) is 5.02 Å². The molecule has 3 nitrogen and oxygen atoms in total. The molecule has 1 unspecified atom stereocenters. The Morgan fingerprint density at radius 3 is 2.29 bits per heavy atom. The van der Waals surface area contributed by atoms with Crippen LogP contribution in [-0.2, 0) is 4.74 Å². The predicted octanol–water partition coefficient (Wildman–Crippen LogP) is 4.29. The quantitative estimate of drug-likeness (QED) is 0.463. The zero-order valence-corrected chi connectivity index (χ0v) is 11.2. The Bertz CT molecular complexity index is 295. The number of hydrogen-bond acceptors (Lipinski definition) is 3. The Morgan fingerprint density at radius 2 is 1.88 bits per heavy atom. The Labute approximate surface area is 108 Å². The molecule has 1 atom stereocenters. The number of rotatable bonds is 1. The Kier molecular flexibility index (Phi) is 9.49. The third-order valence-electron chi connectivity index (χ3n) is 2.17. The maximum atomic E-state index is 7.08. The highest BCUT2D eigenvalue weighted by atomic mass is 35.5. The first-order valence-electron chi connectivity index (χ1n) is 5.75. The van der Waals surface area contributed by atoms with Gasteiger partial charge in [-0.25, -0.2) is 0 Å². The van der Waals surface area contributed by atoms with Gasteiger partial charge < -0.3 is 9.94 Å². The maximum absolute atomic E-state index is 7.08. The van der Waals surface area contributed by atoms with Crippen LogP contribution >= 0.6 is 11.6 Å². The number of ether oxygens (including phenoxy) is 1. The summed E-state index contributed by atoms with van der Waals surface area (Å²) in [5.74, 6) is 0. The summed E-state index contributed by atoms with van der Waals surface area (Å²) in [7, 11) is 0. The van der Waals surface area contributed by atoms with Crippen LogP contribution in [0.1, 0.15) is 38.4 Å². The van der Waals surface area contributed by atoms with Crippen molar-refractivity contribution in [2.45, 2.75) is 32.8 Å². The smallest absolute Gasteiger partial charge is 0.0825 e. The standard InChI is InChI=1S/C10H11ClO.C2H6.CH3NO/c11-9-5-3-8(4-6-9)10-2-1-7-12-10;1-2;1-2-3/h3-6,10H,1-2,7H2;1-2H3;3H,1H2. The molecule has 17 heavy (non-hydrogen) atoms. The van der Waals surface area contributed by atoms with E-state index in [2.05, 4.69) is 11.9 Å². The molecule has 1 aliphatic heterocycles. The summed E-state index contributed by atoms with van der Waals surface area (Å²) < 4.78 is 5.54. The van der Waals surface area contributed by atoms with Crippen molar-refractivity contribution in [3.05, 3.63) is 34.9 Å². The number of hydrogen-bond donors (Lipinski definition) is 1. The van der Waals surface area contributed by atoms with Gasteiger partial charge in [0.15, 0.2) is 0 Å². The van der Waals surface area contributed by atoms with Crippen LogP contribution in [0.3, 0.4) is 0 Å². The van der Waals surface area contributed by atoms with Gasteiger partial charge in [-0.15, -0.1) is 5.16 Å². The average molecular weight is 258 g/mol. The predicted molar refractivity (Wildman–Crippen MR) is 72.1 cm³/mol. The second-order valence-corrected chi connectivity index (χ2v) is 3.63. The molecule has 1 N–H and O–H groups in total. The summed E-state index contributed by atoms with van der Waals surface area (Å²) in [6, 6.07) is 7.91. The van der Waals surface area contributed by atoms with Gasteiger partial charge in [0.1, 0.15) is 0 Å². The Hall–Kier alpha value is -1.06. The number of oxime groups is 1. The van der Waals surface area contributed by atoms with E-state index in [1.807, 2.05) is 38.1 Å². The molecule has 0 spiro atoms. The van der Waals surface area contributed by atoms with E-state index in [0.29, 0.717) is 6.10 Å². The first-order chi connectivity index (χ1) is 8.27. The first kappa shape index (κ1) is 15.9. The number of benzene rings is 1. The van der Waals surface area contributed by atoms with Crippen LogP contribution in [0.15, 0.2) is 29.4 Å². The molecule has 2 rings (SSSR count). The summed E-state index contributed by atoms with van der Waals surface area (Å²) in [6.45, 7) is 7.56. The lowest BCUT2D eigenvalue weighted by Gasteiger charge is -2.08. The fourth-order valence-corrected chi connectivity index (χ4v) is 1.64. The molecule has 1 saturated heterocycles. The summed E-state index contributed by atoms with van der Waals surface area (Å²) in [4.78, 5) is 0. The lowest BCUT2D eigenvalue weighted by Crippen LogP contribution is -1.94. The molecule has 0 aromatic heterocycles. The molecule has 1 aliphatic rings. The third kappa shape index (κ3) is 6.29. The highest BCUT2D eigenvalue weighted by Crippen LogP contribution is 2.28. The van der Waals surface area contributed by atoms with E-state index >= 15 is 0 Å². The first-order valence-corrected chi connectivity index (χ1v) is 6.13. The zero-order valence-electron chi connectivity index (χ0n) is 10.4. The van der Waals surface area contributed by atoms with Crippen molar-refractivity contribution in [2.75, 3.05) is 6.61 Å². The van der Waals surface area contributed by atoms with E-state index in [9.17, 15) is 0 Å². The molecule has 96 valence electrons. The van der Waals surface area contributed by atoms with Gasteiger partial charge in [0, 0.05) is 18.3 Å². The summed E-state index contributed by atoms with van der Waals surface area (Å²) >= 11 is 5.78. The fourth-order valence-electron chi connectivity index (χ4n) is 1.52. The van der Waals surface area contributed by atoms with Gasteiger partial charge in [-0.05, 0) is 30.5 Å². The summed E-state index contributed by atoms with van der Waals surface area (Å²) in [6.07, 6.45) is 2.62. The van der Waals surface area contributed by atoms with Gasteiger partial charge in [0.2, 0.25) is 0 Å². The lowest BCUT2D eigenvalue weighted by molar-refractivity contribution is 0.112. The molecular formula is C13H20ClNO2. The maximum Gasteiger partial charge on any atom is 0.0825 e. The van der Waals surface area contributed by atoms with Crippen molar-refractivity contribution in [2.24, 2.45) is 5.16 Å². The van der Waals surface area contributed by atoms with Crippen LogP contribution in [0.4, 0.5) is 0 Å².